The van der Waals surface area contributed by atoms with E-state index >= 15 is 0 Å². The van der Waals surface area contributed by atoms with Crippen molar-refractivity contribution in [2.24, 2.45) is 5.92 Å². The Morgan fingerprint density at radius 2 is 2.05 bits per heavy atom. The van der Waals surface area contributed by atoms with Crippen molar-refractivity contribution in [2.75, 3.05) is 6.61 Å². The van der Waals surface area contributed by atoms with Gasteiger partial charge in [-0.3, -0.25) is 0 Å². The summed E-state index contributed by atoms with van der Waals surface area (Å²) in [4.78, 5) is 0. The highest BCUT2D eigenvalue weighted by Gasteiger charge is 2.08. The van der Waals surface area contributed by atoms with Crippen LogP contribution in [0, 0.1) is 5.92 Å². The van der Waals surface area contributed by atoms with Crippen LogP contribution in [-0.4, -0.2) is 17.8 Å². The second-order valence-electron chi connectivity index (χ2n) is 5.12. The first-order chi connectivity index (χ1) is 9.67. The number of rotatable bonds is 9. The topological polar surface area (TPSA) is 29.5 Å². The molecule has 1 aromatic rings. The molecule has 0 spiro atoms. The monoisotopic (exact) mass is 274 g/mol. The fourth-order valence-electron chi connectivity index (χ4n) is 2.01. The molecule has 1 rings (SSSR count). The minimum atomic E-state index is -0.421. The van der Waals surface area contributed by atoms with Crippen LogP contribution in [-0.2, 0) is 11.3 Å². The van der Waals surface area contributed by atoms with Crippen LogP contribution in [0.25, 0.3) is 0 Å². The van der Waals surface area contributed by atoms with Crippen LogP contribution in [0.15, 0.2) is 54.6 Å². The maximum atomic E-state index is 9.89. The van der Waals surface area contributed by atoms with E-state index in [4.69, 9.17) is 4.74 Å². The Kier molecular flexibility index (Phi) is 7.93. The molecule has 2 nitrogen and oxygen atoms in total. The number of ether oxygens (including phenoxy) is 1. The second-order valence-corrected chi connectivity index (χ2v) is 5.12. The lowest BCUT2D eigenvalue weighted by Crippen LogP contribution is -2.12. The lowest BCUT2D eigenvalue weighted by molar-refractivity contribution is 0.0977. The van der Waals surface area contributed by atoms with Crippen LogP contribution in [0.2, 0.25) is 0 Å². The van der Waals surface area contributed by atoms with Gasteiger partial charge in [0.15, 0.2) is 0 Å². The molecule has 0 aliphatic carbocycles. The zero-order valence-corrected chi connectivity index (χ0v) is 12.6. The third-order valence-electron chi connectivity index (χ3n) is 3.38. The molecular formula is C18H26O2. The molecule has 2 atom stereocenters. The first-order valence-corrected chi connectivity index (χ1v) is 7.26. The van der Waals surface area contributed by atoms with E-state index in [9.17, 15) is 5.11 Å². The molecule has 0 radical (unpaired) electrons. The summed E-state index contributed by atoms with van der Waals surface area (Å²) in [5.74, 6) is 0.346. The summed E-state index contributed by atoms with van der Waals surface area (Å²) in [7, 11) is 0. The van der Waals surface area contributed by atoms with Gasteiger partial charge < -0.3 is 9.84 Å². The van der Waals surface area contributed by atoms with Crippen LogP contribution < -0.4 is 0 Å². The molecule has 0 aliphatic rings. The first kappa shape index (κ1) is 16.7. The first-order valence-electron chi connectivity index (χ1n) is 7.26. The average molecular weight is 274 g/mol. The van der Waals surface area contributed by atoms with Crippen LogP contribution in [0.5, 0.6) is 0 Å². The Morgan fingerprint density at radius 3 is 2.65 bits per heavy atom. The number of aliphatic hydroxyl groups excluding tert-OH is 1. The van der Waals surface area contributed by atoms with Gasteiger partial charge in [0, 0.05) is 5.92 Å². The lowest BCUT2D eigenvalue weighted by atomic mass is 10.00. The Hall–Kier alpha value is -1.38. The molecule has 110 valence electrons. The average Bonchev–Trinajstić information content (AvgIpc) is 2.47. The molecule has 1 aromatic carbocycles. The van der Waals surface area contributed by atoms with Gasteiger partial charge in [-0.1, -0.05) is 49.4 Å². The maximum Gasteiger partial charge on any atom is 0.0781 e. The third kappa shape index (κ3) is 6.18. The summed E-state index contributed by atoms with van der Waals surface area (Å²) >= 11 is 0. The molecule has 0 fully saturated rings. The molecule has 1 N–H and O–H groups in total. The number of hydrogen-bond acceptors (Lipinski definition) is 2. The molecule has 0 amide bonds. The summed E-state index contributed by atoms with van der Waals surface area (Å²) in [6.07, 6.45) is 5.06. The third-order valence-corrected chi connectivity index (χ3v) is 3.38. The molecule has 0 aromatic heterocycles. The SMILES string of the molecule is C=CC[C@@H](O)/C(C)=C\[C@H](CC)COCc1ccccc1. The van der Waals surface area contributed by atoms with E-state index in [1.807, 2.05) is 25.1 Å². The van der Waals surface area contributed by atoms with E-state index in [1.165, 1.54) is 5.56 Å². The van der Waals surface area contributed by atoms with Gasteiger partial charge in [0.2, 0.25) is 0 Å². The highest BCUT2D eigenvalue weighted by Crippen LogP contribution is 2.14. The normalized spacial score (nSPS) is 14.8. The van der Waals surface area contributed by atoms with Gasteiger partial charge in [0.1, 0.15) is 0 Å². The van der Waals surface area contributed by atoms with Crippen LogP contribution >= 0.6 is 0 Å². The van der Waals surface area contributed by atoms with E-state index in [2.05, 4.69) is 31.7 Å². The summed E-state index contributed by atoms with van der Waals surface area (Å²) in [6, 6.07) is 10.2. The van der Waals surface area contributed by atoms with Crippen molar-refractivity contribution < 1.29 is 9.84 Å². The Balaban J connectivity index is 2.43. The van der Waals surface area contributed by atoms with E-state index in [0.717, 1.165) is 12.0 Å². The predicted octanol–water partition coefficient (Wildman–Crippen LogP) is 4.11. The highest BCUT2D eigenvalue weighted by molar-refractivity contribution is 5.13. The van der Waals surface area contributed by atoms with Crippen molar-refractivity contribution in [1.29, 1.82) is 0 Å². The van der Waals surface area contributed by atoms with Crippen molar-refractivity contribution in [1.82, 2.24) is 0 Å². The quantitative estimate of drug-likeness (QED) is 0.687. The van der Waals surface area contributed by atoms with Gasteiger partial charge in [0.05, 0.1) is 19.3 Å². The number of benzene rings is 1. The Bertz CT molecular complexity index is 409. The molecule has 2 heteroatoms. The van der Waals surface area contributed by atoms with Crippen molar-refractivity contribution in [3.63, 3.8) is 0 Å². The van der Waals surface area contributed by atoms with Crippen molar-refractivity contribution in [3.8, 4) is 0 Å². The lowest BCUT2D eigenvalue weighted by Gasteiger charge is -2.15. The molecule has 0 saturated carbocycles. The Morgan fingerprint density at radius 1 is 1.35 bits per heavy atom. The summed E-state index contributed by atoms with van der Waals surface area (Å²) in [5.41, 5.74) is 2.19. The standard InChI is InChI=1S/C18H26O2/c1-4-9-18(19)15(3)12-16(5-2)13-20-14-17-10-7-6-8-11-17/h4,6-8,10-12,16,18-19H,1,5,9,13-14H2,2-3H3/b15-12-/t16-,18+/m0/s1. The summed E-state index contributed by atoms with van der Waals surface area (Å²) in [5, 5.41) is 9.89. The molecule has 0 heterocycles. The van der Waals surface area contributed by atoms with Crippen molar-refractivity contribution >= 4 is 0 Å². The maximum absolute atomic E-state index is 9.89. The largest absolute Gasteiger partial charge is 0.388 e. The van der Waals surface area contributed by atoms with E-state index < -0.39 is 6.10 Å². The minimum Gasteiger partial charge on any atom is -0.388 e. The molecule has 0 aliphatic heterocycles. The van der Waals surface area contributed by atoms with E-state index in [0.29, 0.717) is 25.6 Å². The van der Waals surface area contributed by atoms with Crippen molar-refractivity contribution in [2.45, 2.75) is 39.4 Å². The molecule has 20 heavy (non-hydrogen) atoms. The summed E-state index contributed by atoms with van der Waals surface area (Å²) < 4.78 is 5.77. The zero-order chi connectivity index (χ0) is 14.8. The van der Waals surface area contributed by atoms with Gasteiger partial charge in [-0.15, -0.1) is 6.58 Å². The van der Waals surface area contributed by atoms with Gasteiger partial charge in [-0.25, -0.2) is 0 Å². The Labute approximate surface area is 122 Å². The number of aliphatic hydroxyl groups is 1. The van der Waals surface area contributed by atoms with Crippen LogP contribution in [0.3, 0.4) is 0 Å². The summed E-state index contributed by atoms with van der Waals surface area (Å²) in [6.45, 7) is 9.08. The fourth-order valence-corrected chi connectivity index (χ4v) is 2.01. The second kappa shape index (κ2) is 9.51. The fraction of sp³-hybridized carbons (Fsp3) is 0.444. The highest BCUT2D eigenvalue weighted by atomic mass is 16.5. The number of hydrogen-bond donors (Lipinski definition) is 1. The van der Waals surface area contributed by atoms with Crippen LogP contribution in [0.1, 0.15) is 32.3 Å². The van der Waals surface area contributed by atoms with Gasteiger partial charge in [-0.2, -0.15) is 0 Å². The minimum absolute atomic E-state index is 0.346. The molecule has 0 bridgehead atoms. The van der Waals surface area contributed by atoms with E-state index in [-0.39, 0.29) is 0 Å². The molecular weight excluding hydrogens is 248 g/mol. The van der Waals surface area contributed by atoms with Crippen molar-refractivity contribution in [3.05, 3.63) is 60.2 Å². The van der Waals surface area contributed by atoms with Crippen LogP contribution in [0.4, 0.5) is 0 Å². The van der Waals surface area contributed by atoms with E-state index in [1.54, 1.807) is 6.08 Å². The van der Waals surface area contributed by atoms with Gasteiger partial charge >= 0.3 is 0 Å². The molecule has 0 saturated heterocycles. The van der Waals surface area contributed by atoms with Gasteiger partial charge in [0.25, 0.3) is 0 Å². The molecule has 0 unspecified atom stereocenters. The smallest absolute Gasteiger partial charge is 0.0781 e. The predicted molar refractivity (Wildman–Crippen MR) is 84.5 cm³/mol. The van der Waals surface area contributed by atoms with Gasteiger partial charge in [-0.05, 0) is 30.9 Å². The zero-order valence-electron chi connectivity index (χ0n) is 12.6.